The van der Waals surface area contributed by atoms with Gasteiger partial charge < -0.3 is 10.6 Å². The molecule has 0 aliphatic carbocycles. The van der Waals surface area contributed by atoms with Crippen molar-refractivity contribution in [3.63, 3.8) is 0 Å². The van der Waals surface area contributed by atoms with E-state index in [0.29, 0.717) is 24.5 Å². The molecule has 1 aliphatic heterocycles. The minimum absolute atomic E-state index is 0.0116. The van der Waals surface area contributed by atoms with Crippen molar-refractivity contribution >= 4 is 22.9 Å². The number of amides is 1. The Labute approximate surface area is 149 Å². The second-order valence-electron chi connectivity index (χ2n) is 6.18. The summed E-state index contributed by atoms with van der Waals surface area (Å²) in [5.41, 5.74) is 10.1. The van der Waals surface area contributed by atoms with E-state index < -0.39 is 0 Å². The molecule has 0 radical (unpaired) electrons. The number of rotatable bonds is 3. The van der Waals surface area contributed by atoms with Gasteiger partial charge in [0.05, 0.1) is 45.6 Å². The fourth-order valence-electron chi connectivity index (χ4n) is 2.99. The predicted octanol–water partition coefficient (Wildman–Crippen LogP) is 1.91. The maximum atomic E-state index is 12.7. The topological polar surface area (TPSA) is 89.9 Å². The van der Waals surface area contributed by atoms with Crippen LogP contribution in [-0.4, -0.2) is 30.6 Å². The number of carbonyl (C=O) groups excluding carboxylic acids is 1. The number of carbonyl (C=O) groups is 1. The van der Waals surface area contributed by atoms with Crippen LogP contribution in [0, 0.1) is 6.92 Å². The number of thiazole rings is 1. The fraction of sp³-hybridized carbons (Fsp3) is 0.294. The SMILES string of the molecule is Cc1ncc(-c2ccc(N)c(CC(=O)N3Cc4cn(C)nc4C3)n2)s1. The number of hydrogen-bond donors (Lipinski definition) is 1. The van der Waals surface area contributed by atoms with Gasteiger partial charge in [0.2, 0.25) is 5.91 Å². The van der Waals surface area contributed by atoms with E-state index in [0.717, 1.165) is 26.8 Å². The van der Waals surface area contributed by atoms with E-state index >= 15 is 0 Å². The Morgan fingerprint density at radius 1 is 1.36 bits per heavy atom. The van der Waals surface area contributed by atoms with Gasteiger partial charge in [-0.1, -0.05) is 0 Å². The van der Waals surface area contributed by atoms with E-state index in [1.165, 1.54) is 0 Å². The van der Waals surface area contributed by atoms with Gasteiger partial charge in [0, 0.05) is 31.5 Å². The number of hydrogen-bond acceptors (Lipinski definition) is 6. The second-order valence-corrected chi connectivity index (χ2v) is 7.41. The summed E-state index contributed by atoms with van der Waals surface area (Å²) in [6.07, 6.45) is 3.95. The molecular formula is C17H18N6OS. The van der Waals surface area contributed by atoms with Crippen molar-refractivity contribution in [1.82, 2.24) is 24.6 Å². The highest BCUT2D eigenvalue weighted by Gasteiger charge is 2.26. The third kappa shape index (κ3) is 3.00. The lowest BCUT2D eigenvalue weighted by Gasteiger charge is -2.16. The van der Waals surface area contributed by atoms with Crippen LogP contribution in [0.25, 0.3) is 10.6 Å². The quantitative estimate of drug-likeness (QED) is 0.776. The normalized spacial score (nSPS) is 13.3. The summed E-state index contributed by atoms with van der Waals surface area (Å²) in [6, 6.07) is 3.67. The molecule has 0 bridgehead atoms. The molecule has 0 saturated heterocycles. The molecule has 4 heterocycles. The molecule has 0 aromatic carbocycles. The van der Waals surface area contributed by atoms with Crippen LogP contribution in [0.15, 0.2) is 24.5 Å². The van der Waals surface area contributed by atoms with Gasteiger partial charge >= 0.3 is 0 Å². The zero-order valence-electron chi connectivity index (χ0n) is 14.1. The number of nitrogens with zero attached hydrogens (tertiary/aromatic N) is 5. The zero-order chi connectivity index (χ0) is 17.6. The van der Waals surface area contributed by atoms with Crippen molar-refractivity contribution in [2.24, 2.45) is 7.05 Å². The lowest BCUT2D eigenvalue weighted by molar-refractivity contribution is -0.131. The smallest absolute Gasteiger partial charge is 0.229 e. The van der Waals surface area contributed by atoms with E-state index in [4.69, 9.17) is 5.73 Å². The van der Waals surface area contributed by atoms with Gasteiger partial charge in [-0.15, -0.1) is 11.3 Å². The molecule has 0 unspecified atom stereocenters. The minimum atomic E-state index is 0.0116. The molecule has 0 fully saturated rings. The van der Waals surface area contributed by atoms with Crippen LogP contribution in [0.5, 0.6) is 0 Å². The van der Waals surface area contributed by atoms with E-state index in [2.05, 4.69) is 15.1 Å². The van der Waals surface area contributed by atoms with Crippen LogP contribution in [0.3, 0.4) is 0 Å². The number of pyridine rings is 1. The average Bonchev–Trinajstić information content (AvgIpc) is 3.23. The fourth-order valence-corrected chi connectivity index (χ4v) is 3.74. The molecule has 3 aromatic heterocycles. The van der Waals surface area contributed by atoms with Crippen molar-refractivity contribution < 1.29 is 4.79 Å². The Balaban J connectivity index is 1.52. The largest absolute Gasteiger partial charge is 0.397 e. The van der Waals surface area contributed by atoms with E-state index in [1.54, 1.807) is 33.2 Å². The molecule has 2 N–H and O–H groups in total. The molecule has 1 amide bonds. The number of anilines is 1. The maximum absolute atomic E-state index is 12.7. The summed E-state index contributed by atoms with van der Waals surface area (Å²) >= 11 is 1.57. The highest BCUT2D eigenvalue weighted by molar-refractivity contribution is 7.15. The first kappa shape index (κ1) is 15.8. The van der Waals surface area contributed by atoms with Gasteiger partial charge in [-0.25, -0.2) is 9.97 Å². The predicted molar refractivity (Wildman–Crippen MR) is 95.7 cm³/mol. The Morgan fingerprint density at radius 2 is 2.20 bits per heavy atom. The molecule has 8 heteroatoms. The van der Waals surface area contributed by atoms with Crippen molar-refractivity contribution in [2.45, 2.75) is 26.4 Å². The average molecular weight is 354 g/mol. The summed E-state index contributed by atoms with van der Waals surface area (Å²) in [6.45, 7) is 3.09. The summed E-state index contributed by atoms with van der Waals surface area (Å²) in [5.74, 6) is 0.0116. The van der Waals surface area contributed by atoms with E-state index in [9.17, 15) is 4.79 Å². The molecule has 3 aromatic rings. The van der Waals surface area contributed by atoms with Crippen LogP contribution in [0.4, 0.5) is 5.69 Å². The summed E-state index contributed by atoms with van der Waals surface area (Å²) in [7, 11) is 1.89. The maximum Gasteiger partial charge on any atom is 0.229 e. The molecule has 0 atom stereocenters. The molecule has 128 valence electrons. The number of nitrogen functional groups attached to an aromatic ring is 1. The third-order valence-corrected chi connectivity index (χ3v) is 5.18. The van der Waals surface area contributed by atoms with E-state index in [-0.39, 0.29) is 12.3 Å². The molecule has 0 spiro atoms. The van der Waals surface area contributed by atoms with Gasteiger partial charge in [0.15, 0.2) is 0 Å². The van der Waals surface area contributed by atoms with Crippen LogP contribution in [-0.2, 0) is 31.4 Å². The molecule has 4 rings (SSSR count). The second kappa shape index (κ2) is 5.96. The number of fused-ring (bicyclic) bond motifs is 1. The van der Waals surface area contributed by atoms with Crippen molar-refractivity contribution in [3.8, 4) is 10.6 Å². The number of aromatic nitrogens is 4. The monoisotopic (exact) mass is 354 g/mol. The minimum Gasteiger partial charge on any atom is -0.397 e. The van der Waals surface area contributed by atoms with E-state index in [1.807, 2.05) is 26.2 Å². The Bertz CT molecular complexity index is 936. The van der Waals surface area contributed by atoms with Crippen LogP contribution in [0.1, 0.15) is 22.0 Å². The first-order valence-electron chi connectivity index (χ1n) is 7.97. The summed E-state index contributed by atoms with van der Waals surface area (Å²) in [5, 5.41) is 5.36. The number of aryl methyl sites for hydroxylation is 2. The van der Waals surface area contributed by atoms with Crippen LogP contribution >= 0.6 is 11.3 Å². The van der Waals surface area contributed by atoms with Crippen molar-refractivity contribution in [3.05, 3.63) is 46.5 Å². The zero-order valence-corrected chi connectivity index (χ0v) is 14.9. The Hall–Kier alpha value is -2.74. The molecule has 0 saturated carbocycles. The van der Waals surface area contributed by atoms with Crippen LogP contribution in [0.2, 0.25) is 0 Å². The highest BCUT2D eigenvalue weighted by atomic mass is 32.1. The molecular weight excluding hydrogens is 336 g/mol. The summed E-state index contributed by atoms with van der Waals surface area (Å²) in [4.78, 5) is 24.3. The van der Waals surface area contributed by atoms with Gasteiger partial charge in [0.25, 0.3) is 0 Å². The Morgan fingerprint density at radius 3 is 2.92 bits per heavy atom. The van der Waals surface area contributed by atoms with Gasteiger partial charge in [-0.05, 0) is 19.1 Å². The van der Waals surface area contributed by atoms with Crippen molar-refractivity contribution in [2.75, 3.05) is 5.73 Å². The lowest BCUT2D eigenvalue weighted by atomic mass is 10.2. The highest BCUT2D eigenvalue weighted by Crippen LogP contribution is 2.27. The van der Waals surface area contributed by atoms with Gasteiger partial charge in [-0.3, -0.25) is 9.48 Å². The first-order valence-corrected chi connectivity index (χ1v) is 8.78. The molecule has 7 nitrogen and oxygen atoms in total. The standard InChI is InChI=1S/C17H18N6OS/c1-10-19-6-16(25-10)13-4-3-12(18)14(20-13)5-17(24)23-8-11-7-22(2)21-15(11)9-23/h3-4,6-7H,5,8-9,18H2,1-2H3. The van der Waals surface area contributed by atoms with Gasteiger partial charge in [0.1, 0.15) is 0 Å². The summed E-state index contributed by atoms with van der Waals surface area (Å²) < 4.78 is 1.78. The lowest BCUT2D eigenvalue weighted by Crippen LogP contribution is -2.28. The van der Waals surface area contributed by atoms with Gasteiger partial charge in [-0.2, -0.15) is 5.10 Å². The molecule has 25 heavy (non-hydrogen) atoms. The van der Waals surface area contributed by atoms with Crippen molar-refractivity contribution in [1.29, 1.82) is 0 Å². The number of nitrogens with two attached hydrogens (primary N) is 1. The van der Waals surface area contributed by atoms with Crippen LogP contribution < -0.4 is 5.73 Å². The molecule has 1 aliphatic rings. The third-order valence-electron chi connectivity index (χ3n) is 4.25. The Kier molecular flexibility index (Phi) is 3.76. The first-order chi connectivity index (χ1) is 12.0.